The quantitative estimate of drug-likeness (QED) is 0.0813. The largest absolute Gasteiger partial charge is 0.493 e. The number of aliphatic hydroxyl groups is 1. The Bertz CT molecular complexity index is 1630. The minimum Gasteiger partial charge on any atom is -0.493 e. The summed E-state index contributed by atoms with van der Waals surface area (Å²) >= 11 is 3.47. The number of urea groups is 1. The molecule has 2 amide bonds. The molecular weight excluding hydrogens is 667 g/mol. The lowest BCUT2D eigenvalue weighted by atomic mass is 9.95. The fourth-order valence-electron chi connectivity index (χ4n) is 4.51. The molecule has 0 aromatic heterocycles. The van der Waals surface area contributed by atoms with Crippen molar-refractivity contribution in [3.05, 3.63) is 92.8 Å². The van der Waals surface area contributed by atoms with Crippen LogP contribution in [0, 0.1) is 5.82 Å². The number of aliphatic hydroxyl groups excluding tert-OH is 1. The minimum atomic E-state index is -1.20. The second-order valence-corrected chi connectivity index (χ2v) is 10.7. The van der Waals surface area contributed by atoms with Crippen LogP contribution in [0.25, 0.3) is 0 Å². The van der Waals surface area contributed by atoms with Gasteiger partial charge in [0.2, 0.25) is 0 Å². The summed E-state index contributed by atoms with van der Waals surface area (Å²) < 4.78 is 42.3. The van der Waals surface area contributed by atoms with Gasteiger partial charge in [-0.3, -0.25) is 5.43 Å². The summed E-state index contributed by atoms with van der Waals surface area (Å²) in [6, 6.07) is 13.4. The highest BCUT2D eigenvalue weighted by molar-refractivity contribution is 9.10. The van der Waals surface area contributed by atoms with Gasteiger partial charge in [-0.15, -0.1) is 0 Å². The summed E-state index contributed by atoms with van der Waals surface area (Å²) in [6.07, 6.45) is 0.271. The number of amides is 2. The molecule has 244 valence electrons. The van der Waals surface area contributed by atoms with Gasteiger partial charge in [-0.25, -0.2) is 14.0 Å². The molecule has 1 heterocycles. The molecule has 1 aliphatic heterocycles. The van der Waals surface area contributed by atoms with E-state index in [1.54, 1.807) is 62.4 Å². The van der Waals surface area contributed by atoms with E-state index in [0.717, 1.165) is 0 Å². The number of carbonyl (C=O) groups is 2. The molecule has 0 fully saturated rings. The summed E-state index contributed by atoms with van der Waals surface area (Å²) in [6.45, 7) is 3.55. The molecule has 1 aliphatic rings. The van der Waals surface area contributed by atoms with E-state index in [1.165, 1.54) is 26.5 Å². The Morgan fingerprint density at radius 3 is 2.57 bits per heavy atom. The number of nitrogens with zero attached hydrogens (tertiary/aromatic N) is 1. The SMILES string of the molecule is CCOc1cc([C@@H]2NC(=O)NC(C)=C2C(=O)OC)ccc1OC[C@@H](O)N/N=C\c1cc(OC)c(OCc2ccccc2F)cc1Br. The maximum Gasteiger partial charge on any atom is 0.337 e. The number of halogens is 2. The lowest BCUT2D eigenvalue weighted by molar-refractivity contribution is -0.136. The molecule has 4 N–H and O–H groups in total. The second kappa shape index (κ2) is 16.0. The number of methoxy groups -OCH3 is 2. The van der Waals surface area contributed by atoms with Crippen molar-refractivity contribution in [2.45, 2.75) is 32.7 Å². The highest BCUT2D eigenvalue weighted by atomic mass is 79.9. The lowest BCUT2D eigenvalue weighted by Gasteiger charge is -2.28. The monoisotopic (exact) mass is 700 g/mol. The molecule has 3 aromatic rings. The second-order valence-electron chi connectivity index (χ2n) is 9.82. The first-order valence-electron chi connectivity index (χ1n) is 14.1. The Morgan fingerprint density at radius 2 is 1.85 bits per heavy atom. The van der Waals surface area contributed by atoms with Gasteiger partial charge in [-0.1, -0.05) is 24.3 Å². The maximum absolute atomic E-state index is 14.0. The van der Waals surface area contributed by atoms with E-state index in [1.807, 2.05) is 0 Å². The van der Waals surface area contributed by atoms with E-state index in [0.29, 0.717) is 56.5 Å². The van der Waals surface area contributed by atoms with Gasteiger partial charge in [0.05, 0.1) is 38.7 Å². The molecule has 46 heavy (non-hydrogen) atoms. The van der Waals surface area contributed by atoms with Gasteiger partial charge in [-0.05, 0) is 65.7 Å². The van der Waals surface area contributed by atoms with Crippen LogP contribution in [0.1, 0.15) is 36.6 Å². The number of hydrazone groups is 1. The standard InChI is InChI=1S/C32H34BrFN4O8/c1-5-44-26-12-19(30-29(31(40)43-4)18(2)36-32(41)37-30)10-11-24(26)46-17-28(39)38-35-15-21-13-25(42-3)27(14-22(21)33)45-16-20-8-6-7-9-23(20)34/h6-15,28,30,38-39H,5,16-17H2,1-4H3,(H2,36,37,41)/b35-15-/t28-,30+/m1/s1. The van der Waals surface area contributed by atoms with E-state index in [2.05, 4.69) is 37.1 Å². The molecule has 14 heteroatoms. The molecular formula is C32H34BrFN4O8. The van der Waals surface area contributed by atoms with Crippen LogP contribution in [0.3, 0.4) is 0 Å². The normalized spacial score (nSPS) is 15.1. The maximum atomic E-state index is 14.0. The van der Waals surface area contributed by atoms with Gasteiger partial charge >= 0.3 is 12.0 Å². The van der Waals surface area contributed by atoms with Crippen LogP contribution in [0.5, 0.6) is 23.0 Å². The number of hydrogen-bond donors (Lipinski definition) is 4. The molecule has 0 saturated carbocycles. The first kappa shape index (κ1) is 34.1. The number of nitrogens with one attached hydrogen (secondary N) is 3. The average molecular weight is 702 g/mol. The third kappa shape index (κ3) is 8.46. The predicted octanol–water partition coefficient (Wildman–Crippen LogP) is 4.70. The van der Waals surface area contributed by atoms with E-state index in [9.17, 15) is 19.1 Å². The number of esters is 1. The van der Waals surface area contributed by atoms with Crippen LogP contribution in [-0.2, 0) is 16.1 Å². The van der Waals surface area contributed by atoms with E-state index in [4.69, 9.17) is 23.7 Å². The third-order valence-electron chi connectivity index (χ3n) is 6.72. The van der Waals surface area contributed by atoms with Crippen molar-refractivity contribution in [3.8, 4) is 23.0 Å². The average Bonchev–Trinajstić information content (AvgIpc) is 3.04. The van der Waals surface area contributed by atoms with Crippen LogP contribution in [0.2, 0.25) is 0 Å². The highest BCUT2D eigenvalue weighted by Gasteiger charge is 2.32. The summed E-state index contributed by atoms with van der Waals surface area (Å²) in [5, 5.41) is 19.9. The molecule has 0 aliphatic carbocycles. The lowest BCUT2D eigenvalue weighted by Crippen LogP contribution is -2.45. The van der Waals surface area contributed by atoms with Crippen molar-refractivity contribution in [2.75, 3.05) is 27.4 Å². The Morgan fingerprint density at radius 1 is 1.09 bits per heavy atom. The van der Waals surface area contributed by atoms with Gasteiger partial charge in [-0.2, -0.15) is 5.10 Å². The van der Waals surface area contributed by atoms with Gasteiger partial charge < -0.3 is 39.4 Å². The molecule has 3 aromatic carbocycles. The first-order valence-corrected chi connectivity index (χ1v) is 14.9. The van der Waals surface area contributed by atoms with E-state index < -0.39 is 24.3 Å². The molecule has 2 atom stereocenters. The molecule has 0 radical (unpaired) electrons. The summed E-state index contributed by atoms with van der Waals surface area (Å²) in [7, 11) is 2.75. The number of hydrogen-bond acceptors (Lipinski definition) is 10. The van der Waals surface area contributed by atoms with Gasteiger partial charge in [0, 0.05) is 21.3 Å². The zero-order chi connectivity index (χ0) is 33.2. The molecule has 12 nitrogen and oxygen atoms in total. The summed E-state index contributed by atoms with van der Waals surface area (Å²) in [4.78, 5) is 24.6. The van der Waals surface area contributed by atoms with Crippen molar-refractivity contribution in [3.63, 3.8) is 0 Å². The van der Waals surface area contributed by atoms with Crippen LogP contribution in [0.4, 0.5) is 9.18 Å². The van der Waals surface area contributed by atoms with Crippen LogP contribution >= 0.6 is 15.9 Å². The molecule has 0 saturated heterocycles. The Balaban J connectivity index is 1.39. The number of benzene rings is 3. The van der Waals surface area contributed by atoms with Crippen LogP contribution < -0.4 is 35.0 Å². The Kier molecular flexibility index (Phi) is 11.8. The number of ether oxygens (including phenoxy) is 5. The van der Waals surface area contributed by atoms with Gasteiger partial charge in [0.15, 0.2) is 29.2 Å². The van der Waals surface area contributed by atoms with Gasteiger partial charge in [0.25, 0.3) is 0 Å². The third-order valence-corrected chi connectivity index (χ3v) is 7.41. The van der Waals surface area contributed by atoms with Gasteiger partial charge in [0.1, 0.15) is 19.0 Å². The number of allylic oxidation sites excluding steroid dienone is 1. The van der Waals surface area contributed by atoms with E-state index in [-0.39, 0.29) is 24.6 Å². The fraction of sp³-hybridized carbons (Fsp3) is 0.281. The van der Waals surface area contributed by atoms with Crippen molar-refractivity contribution in [1.29, 1.82) is 0 Å². The highest BCUT2D eigenvalue weighted by Crippen LogP contribution is 2.35. The van der Waals surface area contributed by atoms with Crippen LogP contribution in [0.15, 0.2) is 75.4 Å². The summed E-state index contributed by atoms with van der Waals surface area (Å²) in [5.74, 6) is 0.538. The number of carbonyl (C=O) groups excluding carboxylic acids is 2. The van der Waals surface area contributed by atoms with Crippen LogP contribution in [-0.4, -0.2) is 57.0 Å². The van der Waals surface area contributed by atoms with Crippen molar-refractivity contribution in [2.24, 2.45) is 5.10 Å². The Labute approximate surface area is 273 Å². The zero-order valence-corrected chi connectivity index (χ0v) is 27.1. The molecule has 4 rings (SSSR count). The fourth-order valence-corrected chi connectivity index (χ4v) is 4.93. The van der Waals surface area contributed by atoms with Crippen molar-refractivity contribution >= 4 is 34.1 Å². The van der Waals surface area contributed by atoms with Crippen molar-refractivity contribution in [1.82, 2.24) is 16.1 Å². The predicted molar refractivity (Wildman–Crippen MR) is 170 cm³/mol. The molecule has 0 bridgehead atoms. The Hall–Kier alpha value is -4.82. The summed E-state index contributed by atoms with van der Waals surface area (Å²) in [5.41, 5.74) is 4.82. The topological polar surface area (TPSA) is 149 Å². The molecule has 0 spiro atoms. The number of rotatable bonds is 14. The zero-order valence-electron chi connectivity index (χ0n) is 25.6. The molecule has 0 unspecified atom stereocenters. The van der Waals surface area contributed by atoms with E-state index >= 15 is 0 Å². The smallest absolute Gasteiger partial charge is 0.337 e. The first-order chi connectivity index (χ1) is 22.1. The van der Waals surface area contributed by atoms with Crippen molar-refractivity contribution < 1.29 is 42.8 Å². The minimum absolute atomic E-state index is 0.0181.